The molecule has 3 N–H and O–H groups in total. The first-order chi connectivity index (χ1) is 10.7. The van der Waals surface area contributed by atoms with Gasteiger partial charge in [0, 0.05) is 13.1 Å². The number of nitrogens with two attached hydrogens (primary N) is 1. The maximum absolute atomic E-state index is 11.8. The lowest BCUT2D eigenvalue weighted by Crippen LogP contribution is -2.33. The fourth-order valence-corrected chi connectivity index (χ4v) is 3.34. The first-order valence-corrected chi connectivity index (χ1v) is 9.67. The lowest BCUT2D eigenvalue weighted by molar-refractivity contribution is -0.119. The summed E-state index contributed by atoms with van der Waals surface area (Å²) >= 11 is 1.31. The molecule has 0 aliphatic carbocycles. The van der Waals surface area contributed by atoms with E-state index in [1.807, 2.05) is 25.5 Å². The summed E-state index contributed by atoms with van der Waals surface area (Å²) in [6, 6.07) is 4.68. The third-order valence-corrected chi connectivity index (χ3v) is 5.43. The van der Waals surface area contributed by atoms with Crippen LogP contribution in [0.2, 0.25) is 0 Å². The number of nitrogens with one attached hydrogen (secondary N) is 1. The molecule has 23 heavy (non-hydrogen) atoms. The number of benzene rings is 1. The Morgan fingerprint density at radius 2 is 2.17 bits per heavy atom. The average Bonchev–Trinajstić information content (AvgIpc) is 2.80. The summed E-state index contributed by atoms with van der Waals surface area (Å²) in [5, 5.41) is 8.66. The molecule has 0 saturated carbocycles. The summed E-state index contributed by atoms with van der Waals surface area (Å²) < 4.78 is 24.6. The largest absolute Gasteiger partial charge is 0.353 e. The van der Waals surface area contributed by atoms with E-state index in [9.17, 15) is 13.2 Å². The Morgan fingerprint density at radius 3 is 2.78 bits per heavy atom. The van der Waals surface area contributed by atoms with Crippen LogP contribution in [-0.2, 0) is 21.9 Å². The maximum Gasteiger partial charge on any atom is 0.238 e. The number of thioether (sulfide) groups is 1. The van der Waals surface area contributed by atoms with E-state index in [1.165, 1.54) is 23.9 Å². The van der Waals surface area contributed by atoms with E-state index in [2.05, 4.69) is 10.3 Å². The van der Waals surface area contributed by atoms with Gasteiger partial charge in [-0.15, -0.1) is 0 Å². The summed E-state index contributed by atoms with van der Waals surface area (Å²) in [5.74, 6) is 0.199. The molecule has 0 saturated heterocycles. The van der Waals surface area contributed by atoms with Crippen molar-refractivity contribution >= 4 is 38.7 Å². The van der Waals surface area contributed by atoms with Crippen LogP contribution >= 0.6 is 11.8 Å². The summed E-state index contributed by atoms with van der Waals surface area (Å²) in [7, 11) is -1.94. The van der Waals surface area contributed by atoms with Crippen molar-refractivity contribution < 1.29 is 13.2 Å². The van der Waals surface area contributed by atoms with E-state index >= 15 is 0 Å². The minimum atomic E-state index is -3.76. The average molecular weight is 356 g/mol. The van der Waals surface area contributed by atoms with Gasteiger partial charge in [0.15, 0.2) is 5.16 Å². The molecule has 1 heterocycles. The molecule has 0 bridgehead atoms. The molecule has 2 aromatic rings. The molecular weight excluding hydrogens is 336 g/mol. The number of carbonyl (C=O) groups is 1. The van der Waals surface area contributed by atoms with E-state index in [0.717, 1.165) is 11.9 Å². The van der Waals surface area contributed by atoms with Crippen molar-refractivity contribution in [2.75, 3.05) is 5.75 Å². The first kappa shape index (κ1) is 17.8. The summed E-state index contributed by atoms with van der Waals surface area (Å²) in [6.07, 6.45) is 0.874. The van der Waals surface area contributed by atoms with Crippen LogP contribution in [0.3, 0.4) is 0 Å². The highest BCUT2D eigenvalue weighted by Gasteiger charge is 2.14. The number of primary sulfonamides is 1. The summed E-state index contributed by atoms with van der Waals surface area (Å²) in [6.45, 7) is 3.96. The molecule has 2 rings (SSSR count). The molecule has 1 amide bonds. The summed E-state index contributed by atoms with van der Waals surface area (Å²) in [4.78, 5) is 16.2. The van der Waals surface area contributed by atoms with Gasteiger partial charge in [-0.3, -0.25) is 4.79 Å². The van der Waals surface area contributed by atoms with Gasteiger partial charge in [0.1, 0.15) is 0 Å². The van der Waals surface area contributed by atoms with Crippen LogP contribution in [0.15, 0.2) is 28.3 Å². The van der Waals surface area contributed by atoms with Gasteiger partial charge in [-0.25, -0.2) is 18.5 Å². The number of hydrogen-bond acceptors (Lipinski definition) is 5. The van der Waals surface area contributed by atoms with Crippen LogP contribution in [0.5, 0.6) is 0 Å². The fourth-order valence-electron chi connectivity index (χ4n) is 2.01. The predicted molar refractivity (Wildman–Crippen MR) is 90.7 cm³/mol. The Kier molecular flexibility index (Phi) is 5.33. The van der Waals surface area contributed by atoms with Gasteiger partial charge in [0.05, 0.1) is 21.7 Å². The van der Waals surface area contributed by atoms with Crippen molar-refractivity contribution in [1.29, 1.82) is 0 Å². The van der Waals surface area contributed by atoms with Gasteiger partial charge in [0.2, 0.25) is 15.9 Å². The molecule has 0 radical (unpaired) electrons. The quantitative estimate of drug-likeness (QED) is 0.757. The zero-order valence-electron chi connectivity index (χ0n) is 13.2. The Hall–Kier alpha value is -1.58. The highest BCUT2D eigenvalue weighted by Crippen LogP contribution is 2.24. The molecule has 0 spiro atoms. The third kappa shape index (κ3) is 4.24. The highest BCUT2D eigenvalue weighted by molar-refractivity contribution is 7.99. The Morgan fingerprint density at radius 1 is 1.48 bits per heavy atom. The molecule has 1 unspecified atom stereocenters. The van der Waals surface area contributed by atoms with Crippen LogP contribution < -0.4 is 10.5 Å². The zero-order valence-corrected chi connectivity index (χ0v) is 14.9. The van der Waals surface area contributed by atoms with Crippen molar-refractivity contribution in [2.24, 2.45) is 12.2 Å². The van der Waals surface area contributed by atoms with E-state index in [1.54, 1.807) is 6.07 Å². The topological polar surface area (TPSA) is 107 Å². The second-order valence-corrected chi connectivity index (χ2v) is 7.82. The molecule has 1 atom stereocenters. The van der Waals surface area contributed by atoms with Crippen molar-refractivity contribution in [3.63, 3.8) is 0 Å². The third-order valence-electron chi connectivity index (χ3n) is 3.49. The van der Waals surface area contributed by atoms with Gasteiger partial charge >= 0.3 is 0 Å². The first-order valence-electron chi connectivity index (χ1n) is 7.13. The number of hydrogen-bond donors (Lipinski definition) is 2. The van der Waals surface area contributed by atoms with Crippen LogP contribution in [0.25, 0.3) is 11.0 Å². The second kappa shape index (κ2) is 6.90. The molecule has 126 valence electrons. The van der Waals surface area contributed by atoms with Gasteiger partial charge in [-0.2, -0.15) is 0 Å². The Balaban J connectivity index is 2.19. The molecular formula is C14H20N4O3S2. The molecule has 9 heteroatoms. The number of fused-ring (bicyclic) bond motifs is 1. The molecule has 0 aliphatic rings. The minimum Gasteiger partial charge on any atom is -0.353 e. The van der Waals surface area contributed by atoms with Gasteiger partial charge < -0.3 is 9.88 Å². The standard InChI is InChI=1S/C14H20N4O3S2/c1-4-9(2)16-13(19)8-22-14-17-11-7-10(23(15,20)21)5-6-12(11)18(14)3/h5-7,9H,4,8H2,1-3H3,(H,16,19)(H2,15,20,21). The molecule has 7 nitrogen and oxygen atoms in total. The van der Waals surface area contributed by atoms with Gasteiger partial charge in [-0.05, 0) is 31.5 Å². The van der Waals surface area contributed by atoms with Crippen LogP contribution in [0.1, 0.15) is 20.3 Å². The number of amides is 1. The van der Waals surface area contributed by atoms with Gasteiger partial charge in [0.25, 0.3) is 0 Å². The van der Waals surface area contributed by atoms with Crippen molar-refractivity contribution in [3.8, 4) is 0 Å². The van der Waals surface area contributed by atoms with Gasteiger partial charge in [-0.1, -0.05) is 18.7 Å². The molecule has 0 aliphatic heterocycles. The van der Waals surface area contributed by atoms with E-state index in [-0.39, 0.29) is 22.6 Å². The summed E-state index contributed by atoms with van der Waals surface area (Å²) in [5.41, 5.74) is 1.31. The Labute approximate surface area is 139 Å². The highest BCUT2D eigenvalue weighted by atomic mass is 32.2. The molecule has 1 aromatic heterocycles. The van der Waals surface area contributed by atoms with Crippen molar-refractivity contribution in [2.45, 2.75) is 36.4 Å². The number of sulfonamides is 1. The monoisotopic (exact) mass is 356 g/mol. The molecule has 0 fully saturated rings. The Bertz CT molecular complexity index is 830. The number of rotatable bonds is 6. The zero-order chi connectivity index (χ0) is 17.2. The number of nitrogens with zero attached hydrogens (tertiary/aromatic N) is 2. The normalized spacial score (nSPS) is 13.2. The lowest BCUT2D eigenvalue weighted by Gasteiger charge is -2.10. The number of carbonyl (C=O) groups excluding carboxylic acids is 1. The number of imidazole rings is 1. The predicted octanol–water partition coefficient (Wildman–Crippen LogP) is 1.23. The lowest BCUT2D eigenvalue weighted by atomic mass is 10.3. The number of aromatic nitrogens is 2. The number of aryl methyl sites for hydroxylation is 1. The van der Waals surface area contributed by atoms with Crippen molar-refractivity contribution in [3.05, 3.63) is 18.2 Å². The van der Waals surface area contributed by atoms with E-state index < -0.39 is 10.0 Å². The van der Waals surface area contributed by atoms with Crippen LogP contribution in [0.4, 0.5) is 0 Å². The maximum atomic E-state index is 11.8. The van der Waals surface area contributed by atoms with E-state index in [4.69, 9.17) is 5.14 Å². The van der Waals surface area contributed by atoms with Crippen LogP contribution in [-0.4, -0.2) is 35.7 Å². The fraction of sp³-hybridized carbons (Fsp3) is 0.429. The minimum absolute atomic E-state index is 0.0224. The smallest absolute Gasteiger partial charge is 0.238 e. The second-order valence-electron chi connectivity index (χ2n) is 5.31. The SMILES string of the molecule is CCC(C)NC(=O)CSc1nc2cc(S(N)(=O)=O)ccc2n1C. The van der Waals surface area contributed by atoms with E-state index in [0.29, 0.717) is 10.7 Å². The molecule has 1 aromatic carbocycles. The van der Waals surface area contributed by atoms with Crippen molar-refractivity contribution in [1.82, 2.24) is 14.9 Å². The van der Waals surface area contributed by atoms with Crippen LogP contribution in [0, 0.1) is 0 Å².